The highest BCUT2D eigenvalue weighted by Crippen LogP contribution is 2.24. The number of aromatic nitrogens is 2. The predicted octanol–water partition coefficient (Wildman–Crippen LogP) is 1.49. The van der Waals surface area contributed by atoms with E-state index < -0.39 is 10.0 Å². The van der Waals surface area contributed by atoms with Crippen LogP contribution in [-0.4, -0.2) is 25.7 Å². The van der Waals surface area contributed by atoms with Crippen molar-refractivity contribution < 1.29 is 8.42 Å². The van der Waals surface area contributed by atoms with Crippen LogP contribution in [-0.2, 0) is 10.0 Å². The van der Waals surface area contributed by atoms with Crippen molar-refractivity contribution in [1.29, 1.82) is 0 Å². The van der Waals surface area contributed by atoms with E-state index in [1.807, 2.05) is 13.0 Å². The molecule has 19 heavy (non-hydrogen) atoms. The standard InChI is InChI=1S/C12H16N4O2S/c1-9(10-7-8-14-16-10)15-11-5-3-4-6-12(11)19(17,18)13-2/h3-9,13,15H,1-2H3,(H,14,16). The maximum absolute atomic E-state index is 11.9. The zero-order valence-corrected chi connectivity index (χ0v) is 11.5. The second kappa shape index (κ2) is 5.41. The number of hydrogen-bond acceptors (Lipinski definition) is 4. The van der Waals surface area contributed by atoms with Gasteiger partial charge in [-0.3, -0.25) is 5.10 Å². The number of aromatic amines is 1. The lowest BCUT2D eigenvalue weighted by Gasteiger charge is -2.16. The van der Waals surface area contributed by atoms with Crippen LogP contribution in [0.4, 0.5) is 5.69 Å². The number of nitrogens with one attached hydrogen (secondary N) is 3. The van der Waals surface area contributed by atoms with Gasteiger partial charge in [-0.15, -0.1) is 0 Å². The normalized spacial score (nSPS) is 13.2. The van der Waals surface area contributed by atoms with E-state index in [2.05, 4.69) is 20.2 Å². The van der Waals surface area contributed by atoms with Gasteiger partial charge in [0.25, 0.3) is 0 Å². The van der Waals surface area contributed by atoms with E-state index >= 15 is 0 Å². The molecule has 7 heteroatoms. The van der Waals surface area contributed by atoms with E-state index in [4.69, 9.17) is 0 Å². The van der Waals surface area contributed by atoms with Gasteiger partial charge in [0.15, 0.2) is 0 Å². The summed E-state index contributed by atoms with van der Waals surface area (Å²) in [5.74, 6) is 0. The van der Waals surface area contributed by atoms with Gasteiger partial charge < -0.3 is 5.32 Å². The van der Waals surface area contributed by atoms with Gasteiger partial charge in [-0.25, -0.2) is 13.1 Å². The van der Waals surface area contributed by atoms with Crippen LogP contribution in [0.15, 0.2) is 41.4 Å². The molecule has 2 aromatic rings. The van der Waals surface area contributed by atoms with Crippen LogP contribution < -0.4 is 10.0 Å². The maximum Gasteiger partial charge on any atom is 0.242 e. The van der Waals surface area contributed by atoms with Gasteiger partial charge in [-0.2, -0.15) is 5.10 Å². The fraction of sp³-hybridized carbons (Fsp3) is 0.250. The van der Waals surface area contributed by atoms with Crippen molar-refractivity contribution in [2.75, 3.05) is 12.4 Å². The molecule has 0 radical (unpaired) electrons. The van der Waals surface area contributed by atoms with E-state index in [1.165, 1.54) is 7.05 Å². The summed E-state index contributed by atoms with van der Waals surface area (Å²) in [6, 6.07) is 8.54. The highest BCUT2D eigenvalue weighted by molar-refractivity contribution is 7.89. The van der Waals surface area contributed by atoms with Gasteiger partial charge in [-0.05, 0) is 32.2 Å². The highest BCUT2D eigenvalue weighted by Gasteiger charge is 2.17. The number of sulfonamides is 1. The van der Waals surface area contributed by atoms with Crippen LogP contribution >= 0.6 is 0 Å². The molecule has 0 saturated carbocycles. The number of H-pyrrole nitrogens is 1. The van der Waals surface area contributed by atoms with Crippen LogP contribution in [0.3, 0.4) is 0 Å². The van der Waals surface area contributed by atoms with Gasteiger partial charge in [-0.1, -0.05) is 12.1 Å². The molecular weight excluding hydrogens is 264 g/mol. The van der Waals surface area contributed by atoms with Gasteiger partial charge in [0.1, 0.15) is 4.90 Å². The van der Waals surface area contributed by atoms with Crippen molar-refractivity contribution in [2.45, 2.75) is 17.9 Å². The van der Waals surface area contributed by atoms with Crippen LogP contribution in [0.25, 0.3) is 0 Å². The maximum atomic E-state index is 11.9. The Bertz CT molecular complexity index is 638. The summed E-state index contributed by atoms with van der Waals surface area (Å²) in [5, 5.41) is 9.89. The highest BCUT2D eigenvalue weighted by atomic mass is 32.2. The minimum absolute atomic E-state index is 0.0734. The molecule has 0 aliphatic heterocycles. The first-order chi connectivity index (χ1) is 9.04. The van der Waals surface area contributed by atoms with E-state index in [1.54, 1.807) is 30.5 Å². The Hall–Kier alpha value is -1.86. The molecule has 1 heterocycles. The third-order valence-corrected chi connectivity index (χ3v) is 4.28. The summed E-state index contributed by atoms with van der Waals surface area (Å²) in [6.07, 6.45) is 1.66. The van der Waals surface area contributed by atoms with Crippen LogP contribution in [0.1, 0.15) is 18.7 Å². The van der Waals surface area contributed by atoms with Crippen molar-refractivity contribution in [3.05, 3.63) is 42.2 Å². The Kier molecular flexibility index (Phi) is 3.87. The fourth-order valence-corrected chi connectivity index (χ4v) is 2.64. The second-order valence-electron chi connectivity index (χ2n) is 4.08. The topological polar surface area (TPSA) is 86.9 Å². The summed E-state index contributed by atoms with van der Waals surface area (Å²) < 4.78 is 26.2. The minimum Gasteiger partial charge on any atom is -0.376 e. The molecule has 0 spiro atoms. The van der Waals surface area contributed by atoms with Crippen LogP contribution in [0.5, 0.6) is 0 Å². The summed E-state index contributed by atoms with van der Waals surface area (Å²) >= 11 is 0. The quantitative estimate of drug-likeness (QED) is 0.774. The zero-order valence-electron chi connectivity index (χ0n) is 10.7. The number of rotatable bonds is 5. The first-order valence-electron chi connectivity index (χ1n) is 5.83. The van der Waals surface area contributed by atoms with Gasteiger partial charge in [0, 0.05) is 6.20 Å². The molecule has 0 amide bonds. The molecule has 1 aromatic heterocycles. The zero-order chi connectivity index (χ0) is 13.9. The molecule has 1 aromatic carbocycles. The lowest BCUT2D eigenvalue weighted by molar-refractivity contribution is 0.588. The molecular formula is C12H16N4O2S. The molecule has 1 atom stereocenters. The Morgan fingerprint density at radius 1 is 1.26 bits per heavy atom. The average molecular weight is 280 g/mol. The molecule has 0 fully saturated rings. The Morgan fingerprint density at radius 2 is 2.00 bits per heavy atom. The average Bonchev–Trinajstić information content (AvgIpc) is 2.93. The summed E-state index contributed by atoms with van der Waals surface area (Å²) in [6.45, 7) is 1.93. The summed E-state index contributed by atoms with van der Waals surface area (Å²) in [5.41, 5.74) is 1.44. The summed E-state index contributed by atoms with van der Waals surface area (Å²) in [7, 11) is -2.09. The molecule has 0 saturated heterocycles. The largest absolute Gasteiger partial charge is 0.376 e. The SMILES string of the molecule is CNS(=O)(=O)c1ccccc1NC(C)c1ccn[nH]1. The molecule has 0 bridgehead atoms. The second-order valence-corrected chi connectivity index (χ2v) is 5.94. The first kappa shape index (κ1) is 13.6. The van der Waals surface area contributed by atoms with Crippen LogP contribution in [0.2, 0.25) is 0 Å². The van der Waals surface area contributed by atoms with Gasteiger partial charge >= 0.3 is 0 Å². The van der Waals surface area contributed by atoms with E-state index in [0.717, 1.165) is 5.69 Å². The number of anilines is 1. The Morgan fingerprint density at radius 3 is 2.63 bits per heavy atom. The van der Waals surface area contributed by atoms with Crippen LogP contribution in [0, 0.1) is 0 Å². The van der Waals surface area contributed by atoms with Gasteiger partial charge in [0.05, 0.1) is 17.4 Å². The number of nitrogens with zero attached hydrogens (tertiary/aromatic N) is 1. The number of para-hydroxylation sites is 1. The minimum atomic E-state index is -3.48. The third-order valence-electron chi connectivity index (χ3n) is 2.81. The third kappa shape index (κ3) is 2.94. The first-order valence-corrected chi connectivity index (χ1v) is 7.31. The lowest BCUT2D eigenvalue weighted by atomic mass is 10.2. The van der Waals surface area contributed by atoms with E-state index in [-0.39, 0.29) is 10.9 Å². The molecule has 2 rings (SSSR count). The lowest BCUT2D eigenvalue weighted by Crippen LogP contribution is -2.20. The molecule has 0 aliphatic rings. The number of benzene rings is 1. The number of hydrogen-bond donors (Lipinski definition) is 3. The van der Waals surface area contributed by atoms with Crippen molar-refractivity contribution in [1.82, 2.24) is 14.9 Å². The molecule has 0 aliphatic carbocycles. The van der Waals surface area contributed by atoms with E-state index in [9.17, 15) is 8.42 Å². The van der Waals surface area contributed by atoms with Crippen molar-refractivity contribution >= 4 is 15.7 Å². The Labute approximate surface area is 112 Å². The van der Waals surface area contributed by atoms with Crippen molar-refractivity contribution in [3.63, 3.8) is 0 Å². The fourth-order valence-electron chi connectivity index (χ4n) is 1.75. The molecule has 3 N–H and O–H groups in total. The van der Waals surface area contributed by atoms with Crippen molar-refractivity contribution in [2.24, 2.45) is 0 Å². The molecule has 1 unspecified atom stereocenters. The predicted molar refractivity (Wildman–Crippen MR) is 73.3 cm³/mol. The monoisotopic (exact) mass is 280 g/mol. The van der Waals surface area contributed by atoms with Crippen molar-refractivity contribution in [3.8, 4) is 0 Å². The molecule has 102 valence electrons. The molecule has 6 nitrogen and oxygen atoms in total. The summed E-state index contributed by atoms with van der Waals surface area (Å²) in [4.78, 5) is 0.226. The van der Waals surface area contributed by atoms with E-state index in [0.29, 0.717) is 5.69 Å². The Balaban J connectivity index is 2.31. The smallest absolute Gasteiger partial charge is 0.242 e. The van der Waals surface area contributed by atoms with Gasteiger partial charge in [0.2, 0.25) is 10.0 Å².